The van der Waals surface area contributed by atoms with Gasteiger partial charge in [0, 0.05) is 28.4 Å². The summed E-state index contributed by atoms with van der Waals surface area (Å²) in [6.45, 7) is 1.25. The Balaban J connectivity index is 1.30. The van der Waals surface area contributed by atoms with Crippen LogP contribution in [0.15, 0.2) is 24.3 Å². The molecule has 5 rings (SSSR count). The van der Waals surface area contributed by atoms with E-state index in [0.717, 1.165) is 25.9 Å². The lowest BCUT2D eigenvalue weighted by molar-refractivity contribution is -0.123. The quantitative estimate of drug-likeness (QED) is 0.484. The molecule has 8 heteroatoms. The van der Waals surface area contributed by atoms with Gasteiger partial charge in [0.1, 0.15) is 0 Å². The van der Waals surface area contributed by atoms with Crippen molar-refractivity contribution < 1.29 is 19.1 Å². The molecule has 2 heterocycles. The van der Waals surface area contributed by atoms with E-state index >= 15 is 0 Å². The van der Waals surface area contributed by atoms with Crippen LogP contribution in [0.4, 0.5) is 5.69 Å². The van der Waals surface area contributed by atoms with Crippen LogP contribution in [-0.4, -0.2) is 46.6 Å². The number of nitrogens with zero attached hydrogens (tertiary/aromatic N) is 1. The fourth-order valence-electron chi connectivity index (χ4n) is 5.48. The Morgan fingerprint density at radius 3 is 2.24 bits per heavy atom. The Hall–Kier alpha value is -1.25. The topological polar surface area (TPSA) is 75.7 Å². The van der Waals surface area contributed by atoms with E-state index in [-0.39, 0.29) is 57.2 Å². The highest BCUT2D eigenvalue weighted by molar-refractivity contribution is 9.12. The largest absolute Gasteiger partial charge is 0.376 e. The summed E-state index contributed by atoms with van der Waals surface area (Å²) >= 11 is 7.41. The van der Waals surface area contributed by atoms with Gasteiger partial charge in [0.15, 0.2) is 0 Å². The molecule has 3 amide bonds. The van der Waals surface area contributed by atoms with Crippen molar-refractivity contribution in [3.05, 3.63) is 29.8 Å². The standard InChI is InChI=1S/C21H22Br2N2O4/c22-17-13-8-14(18(17)23)16-15(13)20(27)25(21(16)28)11-5-3-10(4-6-11)19(26)24-9-12-2-1-7-29-12/h3-6,12-18H,1-2,7-9H2,(H,24,26)/t12-,13+,14+,15-,16+,17-,18-/m0/s1. The molecule has 2 aliphatic carbocycles. The average molecular weight is 526 g/mol. The van der Waals surface area contributed by atoms with E-state index in [0.29, 0.717) is 17.8 Å². The third kappa shape index (κ3) is 3.10. The number of hydrogen-bond acceptors (Lipinski definition) is 4. The number of nitrogens with one attached hydrogen (secondary N) is 1. The minimum atomic E-state index is -0.236. The molecule has 4 fully saturated rings. The molecular weight excluding hydrogens is 504 g/mol. The first-order valence-electron chi connectivity index (χ1n) is 10.1. The molecule has 0 aromatic heterocycles. The zero-order chi connectivity index (χ0) is 20.3. The first-order chi connectivity index (χ1) is 14.0. The molecule has 0 unspecified atom stereocenters. The van der Waals surface area contributed by atoms with Crippen LogP contribution in [0.25, 0.3) is 0 Å². The maximum absolute atomic E-state index is 13.1. The van der Waals surface area contributed by atoms with Crippen molar-refractivity contribution in [3.8, 4) is 0 Å². The summed E-state index contributed by atoms with van der Waals surface area (Å²) < 4.78 is 5.52. The number of hydrogen-bond donors (Lipinski definition) is 1. The maximum Gasteiger partial charge on any atom is 0.251 e. The molecular formula is C21H22Br2N2O4. The summed E-state index contributed by atoms with van der Waals surface area (Å²) in [5.74, 6) is -0.471. The first-order valence-corrected chi connectivity index (χ1v) is 12.0. The SMILES string of the molecule is O=C(NC[C@@H]1CCCO1)c1ccc(N2C(=O)[C@@H]3[C@H]4C[C@@H]([C@H](Br)[C@H]4Br)[C@@H]3C2=O)cc1. The molecule has 4 aliphatic rings. The molecule has 6 nitrogen and oxygen atoms in total. The van der Waals surface area contributed by atoms with Crippen molar-refractivity contribution in [2.45, 2.75) is 35.0 Å². The van der Waals surface area contributed by atoms with Crippen LogP contribution in [0.3, 0.4) is 0 Å². The number of carbonyl (C=O) groups is 3. The predicted molar refractivity (Wildman–Crippen MR) is 114 cm³/mol. The van der Waals surface area contributed by atoms with Crippen molar-refractivity contribution >= 4 is 55.3 Å². The van der Waals surface area contributed by atoms with Crippen LogP contribution >= 0.6 is 31.9 Å². The minimum Gasteiger partial charge on any atom is -0.376 e. The highest BCUT2D eigenvalue weighted by atomic mass is 79.9. The van der Waals surface area contributed by atoms with Gasteiger partial charge in [-0.1, -0.05) is 31.9 Å². The van der Waals surface area contributed by atoms with Crippen LogP contribution < -0.4 is 10.2 Å². The lowest BCUT2D eigenvalue weighted by Crippen LogP contribution is -2.37. The zero-order valence-corrected chi connectivity index (χ0v) is 18.9. The molecule has 2 saturated carbocycles. The van der Waals surface area contributed by atoms with Crippen LogP contribution in [0, 0.1) is 23.7 Å². The number of ether oxygens (including phenoxy) is 1. The summed E-state index contributed by atoms with van der Waals surface area (Å²) in [7, 11) is 0. The number of imide groups is 1. The molecule has 2 aliphatic heterocycles. The summed E-state index contributed by atoms with van der Waals surface area (Å²) in [5, 5.41) is 2.89. The molecule has 29 heavy (non-hydrogen) atoms. The number of fused-ring (bicyclic) bond motifs is 5. The van der Waals surface area contributed by atoms with Crippen molar-refractivity contribution in [2.75, 3.05) is 18.1 Å². The van der Waals surface area contributed by atoms with Crippen LogP contribution in [0.5, 0.6) is 0 Å². The summed E-state index contributed by atoms with van der Waals surface area (Å²) in [5.41, 5.74) is 1.05. The highest BCUT2D eigenvalue weighted by Gasteiger charge is 2.66. The molecule has 1 N–H and O–H groups in total. The Morgan fingerprint density at radius 1 is 1.07 bits per heavy atom. The monoisotopic (exact) mass is 524 g/mol. The number of halogens is 2. The number of carbonyl (C=O) groups excluding carboxylic acids is 3. The van der Waals surface area contributed by atoms with Gasteiger partial charge in [0.25, 0.3) is 5.91 Å². The average Bonchev–Trinajstić information content (AvgIpc) is 3.47. The second kappa shape index (κ2) is 7.46. The van der Waals surface area contributed by atoms with Crippen LogP contribution in [0.2, 0.25) is 0 Å². The van der Waals surface area contributed by atoms with Gasteiger partial charge in [-0.2, -0.15) is 0 Å². The number of anilines is 1. The van der Waals surface area contributed by atoms with Crippen LogP contribution in [0.1, 0.15) is 29.6 Å². The number of rotatable bonds is 4. The second-order valence-corrected chi connectivity index (χ2v) is 10.5. The third-order valence-corrected chi connectivity index (χ3v) is 10.1. The van der Waals surface area contributed by atoms with E-state index in [1.807, 2.05) is 0 Å². The number of alkyl halides is 2. The molecule has 1 aromatic carbocycles. The molecule has 7 atom stereocenters. The summed E-state index contributed by atoms with van der Waals surface area (Å²) in [6.07, 6.45) is 3.00. The maximum atomic E-state index is 13.1. The van der Waals surface area contributed by atoms with Crippen molar-refractivity contribution in [3.63, 3.8) is 0 Å². The molecule has 1 aromatic rings. The minimum absolute atomic E-state index is 0.0874. The van der Waals surface area contributed by atoms with E-state index in [2.05, 4.69) is 37.2 Å². The van der Waals surface area contributed by atoms with E-state index in [9.17, 15) is 14.4 Å². The van der Waals surface area contributed by atoms with Gasteiger partial charge in [-0.3, -0.25) is 19.3 Å². The van der Waals surface area contributed by atoms with Gasteiger partial charge in [-0.05, 0) is 55.4 Å². The Morgan fingerprint density at radius 2 is 1.69 bits per heavy atom. The van der Waals surface area contributed by atoms with Crippen molar-refractivity contribution in [1.82, 2.24) is 5.32 Å². The highest BCUT2D eigenvalue weighted by Crippen LogP contribution is 2.60. The third-order valence-electron chi connectivity index (χ3n) is 6.89. The number of benzene rings is 1. The molecule has 2 saturated heterocycles. The van der Waals surface area contributed by atoms with Gasteiger partial charge >= 0.3 is 0 Å². The van der Waals surface area contributed by atoms with Crippen molar-refractivity contribution in [1.29, 1.82) is 0 Å². The summed E-state index contributed by atoms with van der Waals surface area (Å²) in [4.78, 5) is 40.3. The zero-order valence-electron chi connectivity index (χ0n) is 15.7. The van der Waals surface area contributed by atoms with Gasteiger partial charge < -0.3 is 10.1 Å². The molecule has 2 bridgehead atoms. The van der Waals surface area contributed by atoms with E-state index < -0.39 is 0 Å². The molecule has 154 valence electrons. The Bertz CT molecular complexity index is 823. The second-order valence-electron chi connectivity index (χ2n) is 8.41. The van der Waals surface area contributed by atoms with E-state index in [1.54, 1.807) is 24.3 Å². The van der Waals surface area contributed by atoms with Crippen molar-refractivity contribution in [2.24, 2.45) is 23.7 Å². The first kappa shape index (κ1) is 19.7. The Labute approximate surface area is 186 Å². The fourth-order valence-corrected chi connectivity index (χ4v) is 7.35. The van der Waals surface area contributed by atoms with Crippen LogP contribution in [-0.2, 0) is 14.3 Å². The molecule has 0 radical (unpaired) electrons. The smallest absolute Gasteiger partial charge is 0.251 e. The lowest BCUT2D eigenvalue weighted by atomic mass is 9.81. The normalized spacial score (nSPS) is 38.0. The van der Waals surface area contributed by atoms with E-state index in [4.69, 9.17) is 4.74 Å². The van der Waals surface area contributed by atoms with Gasteiger partial charge in [0.2, 0.25) is 11.8 Å². The fraction of sp³-hybridized carbons (Fsp3) is 0.571. The van der Waals surface area contributed by atoms with Gasteiger partial charge in [0.05, 0.1) is 23.6 Å². The molecule has 0 spiro atoms. The number of amides is 3. The van der Waals surface area contributed by atoms with Gasteiger partial charge in [-0.15, -0.1) is 0 Å². The van der Waals surface area contributed by atoms with E-state index in [1.165, 1.54) is 4.90 Å². The Kier molecular flexibility index (Phi) is 5.07. The predicted octanol–water partition coefficient (Wildman–Crippen LogP) is 2.88. The van der Waals surface area contributed by atoms with Gasteiger partial charge in [-0.25, -0.2) is 0 Å². The lowest BCUT2D eigenvalue weighted by Gasteiger charge is -2.28. The summed E-state index contributed by atoms with van der Waals surface area (Å²) in [6, 6.07) is 6.72.